The summed E-state index contributed by atoms with van der Waals surface area (Å²) >= 11 is 5.36. The number of thioether (sulfide) groups is 1. The van der Waals surface area contributed by atoms with Crippen molar-refractivity contribution in [3.8, 4) is 0 Å². The van der Waals surface area contributed by atoms with Crippen molar-refractivity contribution in [1.82, 2.24) is 16.0 Å². The molecular formula is C17H32N4O6S2. The summed E-state index contributed by atoms with van der Waals surface area (Å²) in [7, 11) is 0. The summed E-state index contributed by atoms with van der Waals surface area (Å²) < 4.78 is 0. The van der Waals surface area contributed by atoms with Crippen LogP contribution in [0.15, 0.2) is 0 Å². The van der Waals surface area contributed by atoms with Gasteiger partial charge in [-0.05, 0) is 31.3 Å². The molecule has 0 saturated carbocycles. The highest BCUT2D eigenvalue weighted by Crippen LogP contribution is 2.07. The molecule has 5 atom stereocenters. The number of carboxylic acid groups (broad SMARTS) is 1. The van der Waals surface area contributed by atoms with Crippen LogP contribution in [0.2, 0.25) is 0 Å². The number of aliphatic hydroxyl groups is 1. The number of aliphatic carboxylic acids is 1. The van der Waals surface area contributed by atoms with Crippen molar-refractivity contribution in [3.63, 3.8) is 0 Å². The third-order valence-corrected chi connectivity index (χ3v) is 5.11. The number of nitrogens with one attached hydrogen (secondary N) is 3. The number of hydrogen-bond donors (Lipinski definition) is 7. The van der Waals surface area contributed by atoms with Gasteiger partial charge in [0.1, 0.15) is 18.1 Å². The van der Waals surface area contributed by atoms with Gasteiger partial charge in [-0.15, -0.1) is 0 Å². The molecule has 0 fully saturated rings. The fraction of sp³-hybridized carbons (Fsp3) is 0.765. The van der Waals surface area contributed by atoms with Gasteiger partial charge in [0.05, 0.1) is 12.1 Å². The highest BCUT2D eigenvalue weighted by atomic mass is 32.2. The van der Waals surface area contributed by atoms with E-state index in [0.717, 1.165) is 0 Å². The highest BCUT2D eigenvalue weighted by molar-refractivity contribution is 7.98. The molecule has 3 amide bonds. The Morgan fingerprint density at radius 1 is 1.00 bits per heavy atom. The third-order valence-electron chi connectivity index (χ3n) is 4.07. The largest absolute Gasteiger partial charge is 0.480 e. The molecule has 0 spiro atoms. The minimum Gasteiger partial charge on any atom is -0.480 e. The molecule has 0 bridgehead atoms. The molecule has 0 aromatic carbocycles. The maximum absolute atomic E-state index is 12.6. The highest BCUT2D eigenvalue weighted by Gasteiger charge is 2.32. The van der Waals surface area contributed by atoms with Crippen molar-refractivity contribution in [2.24, 2.45) is 11.7 Å². The van der Waals surface area contributed by atoms with Crippen LogP contribution in [0.4, 0.5) is 0 Å². The molecule has 7 N–H and O–H groups in total. The van der Waals surface area contributed by atoms with E-state index in [4.69, 9.17) is 5.73 Å². The fourth-order valence-corrected chi connectivity index (χ4v) is 2.92. The molecule has 0 rings (SSSR count). The van der Waals surface area contributed by atoms with Gasteiger partial charge in [0.2, 0.25) is 17.7 Å². The summed E-state index contributed by atoms with van der Waals surface area (Å²) in [5.41, 5.74) is 5.57. The Labute approximate surface area is 180 Å². The van der Waals surface area contributed by atoms with E-state index in [9.17, 15) is 29.4 Å². The average Bonchev–Trinajstić information content (AvgIpc) is 2.64. The second-order valence-corrected chi connectivity index (χ2v) is 8.28. The quantitative estimate of drug-likeness (QED) is 0.167. The molecule has 0 aliphatic heterocycles. The van der Waals surface area contributed by atoms with Crippen LogP contribution in [0.3, 0.4) is 0 Å². The zero-order valence-corrected chi connectivity index (χ0v) is 18.8. The second-order valence-electron chi connectivity index (χ2n) is 6.93. The van der Waals surface area contributed by atoms with Crippen LogP contribution in [0.5, 0.6) is 0 Å². The maximum Gasteiger partial charge on any atom is 0.326 e. The van der Waals surface area contributed by atoms with Crippen LogP contribution >= 0.6 is 24.4 Å². The molecule has 0 aromatic heterocycles. The SMILES string of the molecule is CSCCC(NC(=O)C(NC(=O)C(N)CS)C(C)O)C(=O)NC(C(=O)O)C(C)C. The van der Waals surface area contributed by atoms with E-state index in [1.165, 1.54) is 18.7 Å². The Balaban J connectivity index is 5.34. The number of carbonyl (C=O) groups is 4. The lowest BCUT2D eigenvalue weighted by molar-refractivity contribution is -0.143. The number of carboxylic acids is 1. The van der Waals surface area contributed by atoms with Gasteiger partial charge in [-0.1, -0.05) is 13.8 Å². The topological polar surface area (TPSA) is 171 Å². The predicted octanol–water partition coefficient (Wildman–Crippen LogP) is -1.43. The summed E-state index contributed by atoms with van der Waals surface area (Å²) in [5.74, 6) is -3.08. The van der Waals surface area contributed by atoms with Crippen molar-refractivity contribution in [2.75, 3.05) is 17.8 Å². The summed E-state index contributed by atoms with van der Waals surface area (Å²) in [6.45, 7) is 4.61. The first-order chi connectivity index (χ1) is 13.5. The Morgan fingerprint density at radius 2 is 1.55 bits per heavy atom. The third kappa shape index (κ3) is 9.70. The lowest BCUT2D eigenvalue weighted by Crippen LogP contribution is -2.60. The summed E-state index contributed by atoms with van der Waals surface area (Å²) in [5, 5.41) is 26.4. The van der Waals surface area contributed by atoms with Crippen LogP contribution < -0.4 is 21.7 Å². The molecule has 0 radical (unpaired) electrons. The van der Waals surface area contributed by atoms with Crippen LogP contribution in [-0.2, 0) is 19.2 Å². The van der Waals surface area contributed by atoms with Crippen LogP contribution in [0.25, 0.3) is 0 Å². The lowest BCUT2D eigenvalue weighted by atomic mass is 10.0. The summed E-state index contributed by atoms with van der Waals surface area (Å²) in [4.78, 5) is 48.5. The fourth-order valence-electron chi connectivity index (χ4n) is 2.28. The van der Waals surface area contributed by atoms with Gasteiger partial charge >= 0.3 is 5.97 Å². The average molecular weight is 453 g/mol. The van der Waals surface area contributed by atoms with Crippen LogP contribution in [0, 0.1) is 5.92 Å². The number of thiol groups is 1. The van der Waals surface area contributed by atoms with E-state index < -0.39 is 54.0 Å². The first kappa shape index (κ1) is 27.5. The molecular weight excluding hydrogens is 420 g/mol. The Morgan fingerprint density at radius 3 is 1.97 bits per heavy atom. The monoisotopic (exact) mass is 452 g/mol. The molecule has 168 valence electrons. The standard InChI is InChI=1S/C17H32N4O6S2/c1-8(2)12(17(26)27)20-15(24)11(5-6-29-4)19-16(25)13(9(3)22)21-14(23)10(18)7-28/h8-13,22,28H,5-7,18H2,1-4H3,(H,19,25)(H,20,24)(H,21,23)(H,26,27). The number of carbonyl (C=O) groups excluding carboxylic acids is 3. The molecule has 0 aliphatic carbocycles. The molecule has 10 nitrogen and oxygen atoms in total. The number of aliphatic hydroxyl groups excluding tert-OH is 1. The van der Waals surface area contributed by atoms with E-state index in [1.54, 1.807) is 13.8 Å². The zero-order valence-electron chi connectivity index (χ0n) is 17.0. The number of nitrogens with two attached hydrogens (primary N) is 1. The molecule has 29 heavy (non-hydrogen) atoms. The van der Waals surface area contributed by atoms with Crippen molar-refractivity contribution in [2.45, 2.75) is 57.5 Å². The van der Waals surface area contributed by atoms with Gasteiger partial charge in [0.15, 0.2) is 0 Å². The van der Waals surface area contributed by atoms with Gasteiger partial charge in [0.25, 0.3) is 0 Å². The summed E-state index contributed by atoms with van der Waals surface area (Å²) in [6.07, 6.45) is 0.806. The Bertz CT molecular complexity index is 576. The van der Waals surface area contributed by atoms with E-state index in [-0.39, 0.29) is 18.1 Å². The van der Waals surface area contributed by atoms with E-state index in [2.05, 4.69) is 28.6 Å². The smallest absolute Gasteiger partial charge is 0.326 e. The van der Waals surface area contributed by atoms with Gasteiger partial charge in [-0.3, -0.25) is 14.4 Å². The van der Waals surface area contributed by atoms with Gasteiger partial charge in [-0.2, -0.15) is 24.4 Å². The van der Waals surface area contributed by atoms with E-state index in [0.29, 0.717) is 5.75 Å². The molecule has 0 heterocycles. The lowest BCUT2D eigenvalue weighted by Gasteiger charge is -2.27. The number of amides is 3. The van der Waals surface area contributed by atoms with E-state index in [1.807, 2.05) is 6.26 Å². The minimum atomic E-state index is -1.33. The van der Waals surface area contributed by atoms with Crippen LogP contribution in [-0.4, -0.2) is 81.9 Å². The zero-order chi connectivity index (χ0) is 22.7. The Hall–Kier alpha value is -1.50. The molecule has 5 unspecified atom stereocenters. The molecule has 0 aromatic rings. The van der Waals surface area contributed by atoms with Crippen molar-refractivity contribution in [3.05, 3.63) is 0 Å². The Kier molecular flexibility index (Phi) is 13.0. The number of rotatable bonds is 13. The van der Waals surface area contributed by atoms with Crippen molar-refractivity contribution >= 4 is 48.1 Å². The number of hydrogen-bond acceptors (Lipinski definition) is 8. The maximum atomic E-state index is 12.6. The van der Waals surface area contributed by atoms with Gasteiger partial charge in [0, 0.05) is 5.75 Å². The van der Waals surface area contributed by atoms with Crippen molar-refractivity contribution < 1.29 is 29.4 Å². The first-order valence-electron chi connectivity index (χ1n) is 9.13. The predicted molar refractivity (Wildman–Crippen MR) is 115 cm³/mol. The second kappa shape index (κ2) is 13.7. The van der Waals surface area contributed by atoms with Gasteiger partial charge in [-0.25, -0.2) is 4.79 Å². The van der Waals surface area contributed by atoms with Crippen molar-refractivity contribution in [1.29, 1.82) is 0 Å². The molecule has 12 heteroatoms. The van der Waals surface area contributed by atoms with Crippen LogP contribution in [0.1, 0.15) is 27.2 Å². The summed E-state index contributed by atoms with van der Waals surface area (Å²) in [6, 6.07) is -4.45. The van der Waals surface area contributed by atoms with E-state index >= 15 is 0 Å². The normalized spacial score (nSPS) is 16.3. The first-order valence-corrected chi connectivity index (χ1v) is 11.2. The molecule has 0 aliphatic rings. The minimum absolute atomic E-state index is 0.0461. The molecule has 0 saturated heterocycles. The van der Waals surface area contributed by atoms with Gasteiger partial charge < -0.3 is 31.9 Å².